The van der Waals surface area contributed by atoms with Gasteiger partial charge >= 0.3 is 0 Å². The Morgan fingerprint density at radius 3 is 1.92 bits per heavy atom. The maximum Gasteiger partial charge on any atom is 0.145 e. The van der Waals surface area contributed by atoms with Crippen LogP contribution in [0.5, 0.6) is 0 Å². The molecule has 7 aromatic carbocycles. The highest BCUT2D eigenvalue weighted by Crippen LogP contribution is 2.44. The predicted octanol–water partition coefficient (Wildman–Crippen LogP) is 12.4. The molecule has 8 aromatic rings. The number of benzene rings is 7. The van der Waals surface area contributed by atoms with Crippen molar-refractivity contribution in [3.05, 3.63) is 145 Å². The molecular weight excluding hydrogens is 597 g/mol. The summed E-state index contributed by atoms with van der Waals surface area (Å²) >= 11 is 0. The van der Waals surface area contributed by atoms with Crippen molar-refractivity contribution in [2.75, 3.05) is 0 Å². The van der Waals surface area contributed by atoms with Crippen LogP contribution in [0.2, 0.25) is 0 Å². The van der Waals surface area contributed by atoms with Gasteiger partial charge in [-0.2, -0.15) is 0 Å². The molecule has 1 fully saturated rings. The molecule has 1 heterocycles. The van der Waals surface area contributed by atoms with Crippen molar-refractivity contribution >= 4 is 43.4 Å². The molecule has 1 saturated carbocycles. The minimum atomic E-state index is -0.670. The van der Waals surface area contributed by atoms with E-state index in [1.165, 1.54) is 44.3 Å². The van der Waals surface area contributed by atoms with E-state index < -0.39 is 5.60 Å². The Morgan fingerprint density at radius 2 is 1.22 bits per heavy atom. The van der Waals surface area contributed by atoms with Crippen molar-refractivity contribution in [2.45, 2.75) is 71.3 Å². The van der Waals surface area contributed by atoms with E-state index in [1.807, 2.05) is 30.3 Å². The lowest BCUT2D eigenvalue weighted by Gasteiger charge is -2.34. The van der Waals surface area contributed by atoms with Crippen molar-refractivity contribution in [3.63, 3.8) is 0 Å². The summed E-state index contributed by atoms with van der Waals surface area (Å²) in [6, 6.07) is 47.0. The number of para-hydroxylation sites is 3. The van der Waals surface area contributed by atoms with Crippen molar-refractivity contribution in [3.8, 4) is 17.1 Å². The third-order valence-electron chi connectivity index (χ3n) is 10.3. The summed E-state index contributed by atoms with van der Waals surface area (Å²) in [5.74, 6) is 0.975. The maximum absolute atomic E-state index is 11.4. The number of aromatic nitrogens is 2. The summed E-state index contributed by atoms with van der Waals surface area (Å²) in [5, 5.41) is 19.2. The summed E-state index contributed by atoms with van der Waals surface area (Å²) in [6.07, 6.45) is 5.24. The van der Waals surface area contributed by atoms with E-state index in [2.05, 4.69) is 128 Å². The first-order chi connectivity index (χ1) is 23.3. The lowest BCUT2D eigenvalue weighted by molar-refractivity contribution is 0.000782. The van der Waals surface area contributed by atoms with Gasteiger partial charge in [0, 0.05) is 11.3 Å². The fraction of sp³-hybridized carbons (Fsp3) is 0.239. The second-order valence-electron chi connectivity index (χ2n) is 14.5. The average Bonchev–Trinajstić information content (AvgIpc) is 3.51. The quantitative estimate of drug-likeness (QED) is 0.195. The lowest BCUT2D eigenvalue weighted by atomic mass is 9.76. The van der Waals surface area contributed by atoms with E-state index in [1.54, 1.807) is 0 Å². The zero-order valence-electron chi connectivity index (χ0n) is 28.1. The van der Waals surface area contributed by atoms with Crippen LogP contribution in [-0.2, 0) is 11.0 Å². The van der Waals surface area contributed by atoms with Gasteiger partial charge in [-0.1, -0.05) is 157 Å². The minimum absolute atomic E-state index is 0. The Morgan fingerprint density at radius 1 is 0.633 bits per heavy atom. The topological polar surface area (TPSA) is 38.1 Å². The van der Waals surface area contributed by atoms with E-state index in [0.717, 1.165) is 59.4 Å². The Hall–Kier alpha value is -4.99. The minimum Gasteiger partial charge on any atom is -0.385 e. The molecule has 49 heavy (non-hydrogen) atoms. The van der Waals surface area contributed by atoms with Gasteiger partial charge in [-0.3, -0.25) is 4.57 Å². The van der Waals surface area contributed by atoms with Crippen molar-refractivity contribution < 1.29 is 5.11 Å². The Bertz CT molecular complexity index is 2340. The highest BCUT2D eigenvalue weighted by Gasteiger charge is 2.33. The van der Waals surface area contributed by atoms with Crippen molar-refractivity contribution in [2.24, 2.45) is 0 Å². The highest BCUT2D eigenvalue weighted by molar-refractivity contribution is 6.23. The normalized spacial score (nSPS) is 14.5. The molecule has 1 aliphatic rings. The van der Waals surface area contributed by atoms with Gasteiger partial charge in [-0.05, 0) is 86.0 Å². The highest BCUT2D eigenvalue weighted by atomic mass is 16.3. The average molecular weight is 643 g/mol. The monoisotopic (exact) mass is 642 g/mol. The first-order valence-corrected chi connectivity index (χ1v) is 17.3. The summed E-state index contributed by atoms with van der Waals surface area (Å²) < 4.78 is 2.21. The molecule has 0 radical (unpaired) electrons. The van der Waals surface area contributed by atoms with Crippen LogP contribution in [0.4, 0.5) is 0 Å². The number of imidazole rings is 1. The van der Waals surface area contributed by atoms with Crippen LogP contribution in [0.25, 0.3) is 60.4 Å². The molecular formula is C46H46N2O. The first-order valence-electron chi connectivity index (χ1n) is 17.3. The molecule has 0 unspecified atom stereocenters. The SMILES string of the molecule is C.CC(C)(C)c1cc2ccc3ccc(C4(O)CCCCC4)c4ccc(c1)c2c34.c1ccc(-c2nc3ccccc3n2-c2ccccc2)cc1. The largest absolute Gasteiger partial charge is 0.385 e. The third-order valence-corrected chi connectivity index (χ3v) is 10.3. The molecule has 3 heteroatoms. The van der Waals surface area contributed by atoms with Gasteiger partial charge in [0.15, 0.2) is 0 Å². The molecule has 0 saturated heterocycles. The van der Waals surface area contributed by atoms with Crippen molar-refractivity contribution in [1.29, 1.82) is 0 Å². The van der Waals surface area contributed by atoms with Gasteiger partial charge < -0.3 is 5.11 Å². The van der Waals surface area contributed by atoms with E-state index in [4.69, 9.17) is 4.98 Å². The van der Waals surface area contributed by atoms with Gasteiger partial charge in [-0.15, -0.1) is 0 Å². The second kappa shape index (κ2) is 12.8. The molecule has 9 rings (SSSR count). The summed E-state index contributed by atoms with van der Waals surface area (Å²) in [7, 11) is 0. The van der Waals surface area contributed by atoms with Crippen molar-refractivity contribution in [1.82, 2.24) is 9.55 Å². The Labute approximate surface area is 290 Å². The van der Waals surface area contributed by atoms with E-state index in [0.29, 0.717) is 0 Å². The standard InChI is InChI=1S/C26H28O.C19H14N2.CH4/c1-25(2,3)20-15-18-8-7-17-10-12-22(26(27)13-5-4-6-14-26)21-11-9-19(16-20)23(18)24(17)21;1-3-9-15(10-4-1)19-20-17-13-7-8-14-18(17)21(19)16-11-5-2-6-12-16;/h7-12,15-16,27H,4-6,13-14H2,1-3H3;1-14H;1H4. The molecule has 3 nitrogen and oxygen atoms in total. The summed E-state index contributed by atoms with van der Waals surface area (Å²) in [4.78, 5) is 4.82. The van der Waals surface area contributed by atoms with Crippen LogP contribution in [-0.4, -0.2) is 14.7 Å². The number of fused-ring (bicyclic) bond motifs is 1. The van der Waals surface area contributed by atoms with Gasteiger partial charge in [0.1, 0.15) is 5.82 Å². The fourth-order valence-electron chi connectivity index (χ4n) is 7.71. The van der Waals surface area contributed by atoms with Gasteiger partial charge in [-0.25, -0.2) is 4.98 Å². The molecule has 0 amide bonds. The lowest BCUT2D eigenvalue weighted by Crippen LogP contribution is -2.28. The number of aliphatic hydroxyl groups is 1. The van der Waals surface area contributed by atoms with Crippen LogP contribution < -0.4 is 0 Å². The molecule has 1 aliphatic carbocycles. The maximum atomic E-state index is 11.4. The van der Waals surface area contributed by atoms with E-state index >= 15 is 0 Å². The Kier molecular flexibility index (Phi) is 8.50. The fourth-order valence-corrected chi connectivity index (χ4v) is 7.71. The molecule has 1 N–H and O–H groups in total. The molecule has 0 bridgehead atoms. The zero-order chi connectivity index (χ0) is 32.9. The first kappa shape index (κ1) is 32.6. The second-order valence-corrected chi connectivity index (χ2v) is 14.5. The molecule has 0 aliphatic heterocycles. The Balaban J connectivity index is 0.000000156. The van der Waals surface area contributed by atoms with Crippen LogP contribution in [0, 0.1) is 0 Å². The number of nitrogens with zero attached hydrogens (tertiary/aromatic N) is 2. The van der Waals surface area contributed by atoms with E-state index in [-0.39, 0.29) is 12.8 Å². The molecule has 0 spiro atoms. The number of hydrogen-bond acceptors (Lipinski definition) is 2. The number of rotatable bonds is 3. The van der Waals surface area contributed by atoms with Gasteiger partial charge in [0.2, 0.25) is 0 Å². The van der Waals surface area contributed by atoms with Crippen LogP contribution in [0.3, 0.4) is 0 Å². The summed E-state index contributed by atoms with van der Waals surface area (Å²) in [6.45, 7) is 6.82. The van der Waals surface area contributed by atoms with Crippen LogP contribution >= 0.6 is 0 Å². The zero-order valence-corrected chi connectivity index (χ0v) is 28.1. The smallest absolute Gasteiger partial charge is 0.145 e. The molecule has 1 aromatic heterocycles. The van der Waals surface area contributed by atoms with E-state index in [9.17, 15) is 5.11 Å². The molecule has 0 atom stereocenters. The van der Waals surface area contributed by atoms with Gasteiger partial charge in [0.05, 0.1) is 16.6 Å². The summed E-state index contributed by atoms with van der Waals surface area (Å²) in [5.41, 5.74) is 6.36. The predicted molar refractivity (Wildman–Crippen MR) is 209 cm³/mol. The molecule has 246 valence electrons. The van der Waals surface area contributed by atoms with Crippen LogP contribution in [0.1, 0.15) is 71.4 Å². The number of hydrogen-bond donors (Lipinski definition) is 1. The van der Waals surface area contributed by atoms with Crippen LogP contribution in [0.15, 0.2) is 133 Å². The van der Waals surface area contributed by atoms with Gasteiger partial charge in [0.25, 0.3) is 0 Å². The third kappa shape index (κ3) is 5.87.